The Kier molecular flexibility index (Phi) is 2.07. The standard InChI is InChI=1S/C11H12O2/c1-8-2-3-9-7-10(4-5-12)13-11(9)6-8/h2-3,6-7,12H,4-5H2,1H3. The predicted molar refractivity (Wildman–Crippen MR) is 51.7 cm³/mol. The maximum absolute atomic E-state index is 8.74. The van der Waals surface area contributed by atoms with Crippen LogP contribution in [-0.4, -0.2) is 11.7 Å². The van der Waals surface area contributed by atoms with Gasteiger partial charge in [-0.1, -0.05) is 12.1 Å². The first-order valence-corrected chi connectivity index (χ1v) is 4.39. The number of aliphatic hydroxyl groups excluding tert-OH is 1. The number of rotatable bonds is 2. The van der Waals surface area contributed by atoms with Gasteiger partial charge in [-0.2, -0.15) is 0 Å². The van der Waals surface area contributed by atoms with E-state index in [1.54, 1.807) is 0 Å². The lowest BCUT2D eigenvalue weighted by Gasteiger charge is -1.90. The van der Waals surface area contributed by atoms with Crippen LogP contribution in [0.1, 0.15) is 11.3 Å². The first-order chi connectivity index (χ1) is 6.29. The fourth-order valence-electron chi connectivity index (χ4n) is 1.43. The first-order valence-electron chi connectivity index (χ1n) is 4.39. The van der Waals surface area contributed by atoms with Crippen LogP contribution in [0.15, 0.2) is 28.7 Å². The molecule has 0 unspecified atom stereocenters. The van der Waals surface area contributed by atoms with Crippen molar-refractivity contribution >= 4 is 11.0 Å². The molecule has 1 aromatic carbocycles. The monoisotopic (exact) mass is 176 g/mol. The van der Waals surface area contributed by atoms with Crippen LogP contribution in [-0.2, 0) is 6.42 Å². The summed E-state index contributed by atoms with van der Waals surface area (Å²) in [5.41, 5.74) is 2.10. The lowest BCUT2D eigenvalue weighted by molar-refractivity contribution is 0.289. The molecular formula is C11H12O2. The van der Waals surface area contributed by atoms with Crippen molar-refractivity contribution in [3.63, 3.8) is 0 Å². The molecule has 0 bridgehead atoms. The predicted octanol–water partition coefficient (Wildman–Crippen LogP) is 2.28. The molecule has 1 N–H and O–H groups in total. The van der Waals surface area contributed by atoms with Gasteiger partial charge in [-0.15, -0.1) is 0 Å². The van der Waals surface area contributed by atoms with Crippen LogP contribution in [0.3, 0.4) is 0 Å². The van der Waals surface area contributed by atoms with Crippen LogP contribution in [0.2, 0.25) is 0 Å². The van der Waals surface area contributed by atoms with E-state index in [1.807, 2.05) is 25.1 Å². The van der Waals surface area contributed by atoms with E-state index in [9.17, 15) is 0 Å². The Hall–Kier alpha value is -1.28. The molecule has 2 heteroatoms. The average Bonchev–Trinajstić information content (AvgIpc) is 2.46. The van der Waals surface area contributed by atoms with Gasteiger partial charge >= 0.3 is 0 Å². The summed E-state index contributed by atoms with van der Waals surface area (Å²) >= 11 is 0. The SMILES string of the molecule is Cc1ccc2cc(CCO)oc2c1. The van der Waals surface area contributed by atoms with Crippen molar-refractivity contribution in [3.8, 4) is 0 Å². The normalized spacial score (nSPS) is 10.9. The fraction of sp³-hybridized carbons (Fsp3) is 0.273. The van der Waals surface area contributed by atoms with Crippen molar-refractivity contribution in [1.82, 2.24) is 0 Å². The third kappa shape index (κ3) is 1.58. The van der Waals surface area contributed by atoms with Gasteiger partial charge in [0, 0.05) is 11.8 Å². The highest BCUT2D eigenvalue weighted by molar-refractivity contribution is 5.78. The topological polar surface area (TPSA) is 33.4 Å². The Morgan fingerprint density at radius 1 is 1.31 bits per heavy atom. The van der Waals surface area contributed by atoms with E-state index in [1.165, 1.54) is 5.56 Å². The van der Waals surface area contributed by atoms with Crippen LogP contribution in [0.25, 0.3) is 11.0 Å². The maximum Gasteiger partial charge on any atom is 0.134 e. The van der Waals surface area contributed by atoms with Gasteiger partial charge in [0.1, 0.15) is 11.3 Å². The number of fused-ring (bicyclic) bond motifs is 1. The lowest BCUT2D eigenvalue weighted by Crippen LogP contribution is -1.85. The Balaban J connectivity index is 2.49. The highest BCUT2D eigenvalue weighted by atomic mass is 16.3. The average molecular weight is 176 g/mol. The van der Waals surface area contributed by atoms with Crippen LogP contribution < -0.4 is 0 Å². The van der Waals surface area contributed by atoms with E-state index in [0.29, 0.717) is 6.42 Å². The molecule has 0 aliphatic heterocycles. The zero-order valence-corrected chi connectivity index (χ0v) is 7.58. The van der Waals surface area contributed by atoms with Crippen LogP contribution in [0.5, 0.6) is 0 Å². The number of aliphatic hydroxyl groups is 1. The Morgan fingerprint density at radius 3 is 2.92 bits per heavy atom. The Labute approximate surface area is 76.8 Å². The molecule has 1 aromatic heterocycles. The summed E-state index contributed by atoms with van der Waals surface area (Å²) in [6, 6.07) is 8.08. The molecule has 1 heterocycles. The van der Waals surface area contributed by atoms with Crippen molar-refractivity contribution < 1.29 is 9.52 Å². The third-order valence-electron chi connectivity index (χ3n) is 2.08. The molecule has 2 nitrogen and oxygen atoms in total. The molecule has 0 aliphatic carbocycles. The summed E-state index contributed by atoms with van der Waals surface area (Å²) < 4.78 is 5.53. The summed E-state index contributed by atoms with van der Waals surface area (Å²) in [4.78, 5) is 0. The lowest BCUT2D eigenvalue weighted by atomic mass is 10.2. The van der Waals surface area contributed by atoms with Crippen LogP contribution in [0, 0.1) is 6.92 Å². The summed E-state index contributed by atoms with van der Waals surface area (Å²) in [5.74, 6) is 0.850. The van der Waals surface area contributed by atoms with Gasteiger partial charge in [-0.3, -0.25) is 0 Å². The van der Waals surface area contributed by atoms with Crippen molar-refractivity contribution in [2.45, 2.75) is 13.3 Å². The van der Waals surface area contributed by atoms with Crippen LogP contribution >= 0.6 is 0 Å². The second-order valence-corrected chi connectivity index (χ2v) is 3.23. The van der Waals surface area contributed by atoms with E-state index in [4.69, 9.17) is 9.52 Å². The quantitative estimate of drug-likeness (QED) is 0.761. The fourth-order valence-corrected chi connectivity index (χ4v) is 1.43. The van der Waals surface area contributed by atoms with E-state index in [0.717, 1.165) is 16.7 Å². The van der Waals surface area contributed by atoms with E-state index in [2.05, 4.69) is 6.07 Å². The largest absolute Gasteiger partial charge is 0.461 e. The summed E-state index contributed by atoms with van der Waals surface area (Å²) in [5, 5.41) is 9.85. The minimum atomic E-state index is 0.138. The van der Waals surface area contributed by atoms with Gasteiger partial charge in [0.25, 0.3) is 0 Å². The zero-order valence-electron chi connectivity index (χ0n) is 7.58. The Bertz CT molecular complexity index is 415. The van der Waals surface area contributed by atoms with Crippen LogP contribution in [0.4, 0.5) is 0 Å². The third-order valence-corrected chi connectivity index (χ3v) is 2.08. The van der Waals surface area contributed by atoms with Crippen molar-refractivity contribution in [2.75, 3.05) is 6.61 Å². The smallest absolute Gasteiger partial charge is 0.134 e. The van der Waals surface area contributed by atoms with E-state index >= 15 is 0 Å². The van der Waals surface area contributed by atoms with Crippen molar-refractivity contribution in [1.29, 1.82) is 0 Å². The second-order valence-electron chi connectivity index (χ2n) is 3.23. The summed E-state index contributed by atoms with van der Waals surface area (Å²) in [6.45, 7) is 2.17. The van der Waals surface area contributed by atoms with Gasteiger partial charge in [0.05, 0.1) is 6.61 Å². The molecule has 0 spiro atoms. The van der Waals surface area contributed by atoms with Gasteiger partial charge in [-0.25, -0.2) is 0 Å². The molecule has 0 radical (unpaired) electrons. The molecule has 0 amide bonds. The first kappa shape index (κ1) is 8.32. The van der Waals surface area contributed by atoms with Crippen molar-refractivity contribution in [2.24, 2.45) is 0 Å². The van der Waals surface area contributed by atoms with Gasteiger partial charge in [0.15, 0.2) is 0 Å². The van der Waals surface area contributed by atoms with E-state index < -0.39 is 0 Å². The number of hydrogen-bond donors (Lipinski definition) is 1. The Morgan fingerprint density at radius 2 is 2.15 bits per heavy atom. The second kappa shape index (κ2) is 3.23. The highest BCUT2D eigenvalue weighted by Gasteiger charge is 2.02. The van der Waals surface area contributed by atoms with Gasteiger partial charge in [-0.05, 0) is 24.6 Å². The molecule has 0 saturated heterocycles. The molecular weight excluding hydrogens is 164 g/mol. The maximum atomic E-state index is 8.74. The summed E-state index contributed by atoms with van der Waals surface area (Å²) in [7, 11) is 0. The molecule has 13 heavy (non-hydrogen) atoms. The molecule has 68 valence electrons. The molecule has 0 saturated carbocycles. The van der Waals surface area contributed by atoms with Gasteiger partial charge in [0.2, 0.25) is 0 Å². The molecule has 2 aromatic rings. The van der Waals surface area contributed by atoms with E-state index in [-0.39, 0.29) is 6.61 Å². The molecule has 0 atom stereocenters. The minimum absolute atomic E-state index is 0.138. The number of furan rings is 1. The number of benzene rings is 1. The van der Waals surface area contributed by atoms with Crippen molar-refractivity contribution in [3.05, 3.63) is 35.6 Å². The zero-order chi connectivity index (χ0) is 9.26. The van der Waals surface area contributed by atoms with Gasteiger partial charge < -0.3 is 9.52 Å². The number of hydrogen-bond acceptors (Lipinski definition) is 2. The molecule has 0 aliphatic rings. The minimum Gasteiger partial charge on any atom is -0.461 e. The molecule has 2 rings (SSSR count). The number of aryl methyl sites for hydroxylation is 1. The molecule has 0 fully saturated rings. The highest BCUT2D eigenvalue weighted by Crippen LogP contribution is 2.20. The summed E-state index contributed by atoms with van der Waals surface area (Å²) in [6.07, 6.45) is 0.591.